The third-order valence-corrected chi connectivity index (χ3v) is 11.0. The summed E-state index contributed by atoms with van der Waals surface area (Å²) >= 11 is 12.8. The molecule has 1 aliphatic rings. The van der Waals surface area contributed by atoms with E-state index in [0.717, 1.165) is 42.0 Å². The number of sulfonamides is 1. The van der Waals surface area contributed by atoms with Gasteiger partial charge in [0.2, 0.25) is 11.8 Å². The van der Waals surface area contributed by atoms with E-state index in [0.29, 0.717) is 21.4 Å². The van der Waals surface area contributed by atoms with Crippen molar-refractivity contribution in [2.45, 2.75) is 62.0 Å². The second kappa shape index (κ2) is 16.4. The first kappa shape index (κ1) is 35.3. The lowest BCUT2D eigenvalue weighted by Crippen LogP contribution is -2.55. The largest absolute Gasteiger partial charge is 0.497 e. The van der Waals surface area contributed by atoms with Gasteiger partial charge in [-0.05, 0) is 78.6 Å². The van der Waals surface area contributed by atoms with E-state index in [1.807, 2.05) is 36.4 Å². The first-order valence-electron chi connectivity index (χ1n) is 16.0. The Morgan fingerprint density at radius 1 is 0.854 bits per heavy atom. The fraction of sp³-hybridized carbons (Fsp3) is 0.297. The molecular formula is C37H39Cl2N3O5S. The molecule has 0 heterocycles. The minimum Gasteiger partial charge on any atom is -0.497 e. The Morgan fingerprint density at radius 2 is 1.50 bits per heavy atom. The molecule has 48 heavy (non-hydrogen) atoms. The zero-order valence-electron chi connectivity index (χ0n) is 26.7. The Labute approximate surface area is 292 Å². The summed E-state index contributed by atoms with van der Waals surface area (Å²) in [5.74, 6) is -0.370. The molecule has 0 unspecified atom stereocenters. The van der Waals surface area contributed by atoms with E-state index in [1.165, 1.54) is 24.1 Å². The summed E-state index contributed by atoms with van der Waals surface area (Å²) in [7, 11) is -2.78. The average Bonchev–Trinajstić information content (AvgIpc) is 3.10. The van der Waals surface area contributed by atoms with Gasteiger partial charge < -0.3 is 15.0 Å². The van der Waals surface area contributed by atoms with E-state index < -0.39 is 28.5 Å². The smallest absolute Gasteiger partial charge is 0.264 e. The first-order valence-corrected chi connectivity index (χ1v) is 18.1. The maximum absolute atomic E-state index is 14.7. The molecule has 0 saturated heterocycles. The highest BCUT2D eigenvalue weighted by atomic mass is 35.5. The van der Waals surface area contributed by atoms with Gasteiger partial charge in [-0.15, -0.1) is 0 Å². The Morgan fingerprint density at radius 3 is 2.15 bits per heavy atom. The molecule has 1 aliphatic carbocycles. The number of ether oxygens (including phenoxy) is 1. The zero-order chi connectivity index (χ0) is 34.1. The van der Waals surface area contributed by atoms with Crippen LogP contribution in [0.5, 0.6) is 5.75 Å². The molecule has 1 atom stereocenters. The molecule has 8 nitrogen and oxygen atoms in total. The third-order valence-electron chi connectivity index (χ3n) is 8.56. The maximum atomic E-state index is 14.7. The van der Waals surface area contributed by atoms with E-state index in [9.17, 15) is 18.0 Å². The van der Waals surface area contributed by atoms with Crippen LogP contribution in [-0.2, 0) is 32.6 Å². The third kappa shape index (κ3) is 8.89. The molecule has 0 aliphatic heterocycles. The number of hydrogen-bond acceptors (Lipinski definition) is 5. The van der Waals surface area contributed by atoms with Crippen molar-refractivity contribution in [1.82, 2.24) is 10.2 Å². The van der Waals surface area contributed by atoms with E-state index >= 15 is 0 Å². The molecule has 4 aromatic carbocycles. The van der Waals surface area contributed by atoms with Gasteiger partial charge in [0, 0.05) is 29.1 Å². The number of benzene rings is 4. The van der Waals surface area contributed by atoms with Crippen molar-refractivity contribution in [3.8, 4) is 5.75 Å². The van der Waals surface area contributed by atoms with Gasteiger partial charge in [0.1, 0.15) is 18.3 Å². The summed E-state index contributed by atoms with van der Waals surface area (Å²) in [4.78, 5) is 30.3. The van der Waals surface area contributed by atoms with Crippen LogP contribution in [0.3, 0.4) is 0 Å². The zero-order valence-corrected chi connectivity index (χ0v) is 29.1. The van der Waals surface area contributed by atoms with E-state index in [4.69, 9.17) is 27.9 Å². The number of anilines is 1. The molecule has 5 rings (SSSR count). The highest BCUT2D eigenvalue weighted by Crippen LogP contribution is 2.28. The van der Waals surface area contributed by atoms with Crippen molar-refractivity contribution in [3.05, 3.63) is 124 Å². The first-order chi connectivity index (χ1) is 23.2. The van der Waals surface area contributed by atoms with Crippen LogP contribution in [0.2, 0.25) is 10.0 Å². The quantitative estimate of drug-likeness (QED) is 0.158. The van der Waals surface area contributed by atoms with Gasteiger partial charge in [0.25, 0.3) is 10.0 Å². The molecule has 0 spiro atoms. The number of amides is 2. The standard InChI is InChI=1S/C37H39Cl2N3O5S/c1-47-32-20-22-33(23-21-32)48(45,46)42(31-18-16-29(38)17-19-31)26-36(43)41(25-28-12-8-9-15-34(28)39)35(24-27-10-4-2-5-11-27)37(44)40-30-13-6-3-7-14-30/h2,4-5,8-12,15-23,30,35H,3,6-7,13-14,24-26H2,1H3,(H,40,44)/t35-/m0/s1. The molecule has 1 fully saturated rings. The number of hydrogen-bond donors (Lipinski definition) is 1. The lowest BCUT2D eigenvalue weighted by molar-refractivity contribution is -0.140. The van der Waals surface area contributed by atoms with Gasteiger partial charge in [0.15, 0.2) is 0 Å². The van der Waals surface area contributed by atoms with E-state index in [1.54, 1.807) is 54.6 Å². The number of carbonyl (C=O) groups is 2. The topological polar surface area (TPSA) is 96.0 Å². The Balaban J connectivity index is 1.56. The van der Waals surface area contributed by atoms with Crippen molar-refractivity contribution >= 4 is 50.7 Å². The summed E-state index contributed by atoms with van der Waals surface area (Å²) in [5.41, 5.74) is 1.73. The Kier molecular flexibility index (Phi) is 12.0. The monoisotopic (exact) mass is 707 g/mol. The molecule has 1 N–H and O–H groups in total. The maximum Gasteiger partial charge on any atom is 0.264 e. The number of nitrogens with zero attached hydrogens (tertiary/aromatic N) is 2. The van der Waals surface area contributed by atoms with Crippen LogP contribution in [0.1, 0.15) is 43.2 Å². The average molecular weight is 709 g/mol. The molecule has 0 bridgehead atoms. The number of rotatable bonds is 13. The van der Waals surface area contributed by atoms with Gasteiger partial charge in [-0.2, -0.15) is 0 Å². The number of nitrogens with one attached hydrogen (secondary N) is 1. The fourth-order valence-corrected chi connectivity index (χ4v) is 7.66. The fourth-order valence-electron chi connectivity index (χ4n) is 5.92. The van der Waals surface area contributed by atoms with Gasteiger partial charge >= 0.3 is 0 Å². The van der Waals surface area contributed by atoms with Crippen molar-refractivity contribution in [2.24, 2.45) is 0 Å². The minimum absolute atomic E-state index is 0.00260. The molecular weight excluding hydrogens is 669 g/mol. The van der Waals surface area contributed by atoms with Crippen LogP contribution in [0.4, 0.5) is 5.69 Å². The Bertz CT molecular complexity index is 1780. The molecule has 252 valence electrons. The number of methoxy groups -OCH3 is 1. The molecule has 2 amide bonds. The van der Waals surface area contributed by atoms with E-state index in [-0.39, 0.29) is 35.5 Å². The van der Waals surface area contributed by atoms with Crippen LogP contribution in [0.15, 0.2) is 108 Å². The van der Waals surface area contributed by atoms with Crippen LogP contribution in [0.25, 0.3) is 0 Å². The van der Waals surface area contributed by atoms with Crippen LogP contribution < -0.4 is 14.4 Å². The summed E-state index contributed by atoms with van der Waals surface area (Å²) < 4.78 is 34.7. The molecule has 0 aromatic heterocycles. The van der Waals surface area contributed by atoms with Gasteiger partial charge in [-0.1, -0.05) is 91.0 Å². The van der Waals surface area contributed by atoms with Gasteiger partial charge in [-0.3, -0.25) is 13.9 Å². The molecule has 0 radical (unpaired) electrons. The number of halogens is 2. The molecule has 1 saturated carbocycles. The van der Waals surface area contributed by atoms with Crippen molar-refractivity contribution in [1.29, 1.82) is 0 Å². The van der Waals surface area contributed by atoms with Crippen LogP contribution in [0, 0.1) is 0 Å². The second-order valence-corrected chi connectivity index (χ2v) is 14.5. The minimum atomic E-state index is -4.27. The van der Waals surface area contributed by atoms with Crippen molar-refractivity contribution < 1.29 is 22.7 Å². The van der Waals surface area contributed by atoms with Crippen LogP contribution in [-0.4, -0.2) is 50.9 Å². The summed E-state index contributed by atoms with van der Waals surface area (Å²) in [6.07, 6.45) is 5.13. The SMILES string of the molecule is COc1ccc(S(=O)(=O)N(CC(=O)N(Cc2ccccc2Cl)[C@@H](Cc2ccccc2)C(=O)NC2CCCCC2)c2ccc(Cl)cc2)cc1. The van der Waals surface area contributed by atoms with Crippen molar-refractivity contribution in [2.75, 3.05) is 18.0 Å². The van der Waals surface area contributed by atoms with Crippen molar-refractivity contribution in [3.63, 3.8) is 0 Å². The van der Waals surface area contributed by atoms with Gasteiger partial charge in [-0.25, -0.2) is 8.42 Å². The predicted octanol–water partition coefficient (Wildman–Crippen LogP) is 7.29. The highest BCUT2D eigenvalue weighted by molar-refractivity contribution is 7.92. The van der Waals surface area contributed by atoms with E-state index in [2.05, 4.69) is 5.32 Å². The van der Waals surface area contributed by atoms with Gasteiger partial charge in [0.05, 0.1) is 17.7 Å². The second-order valence-electron chi connectivity index (χ2n) is 11.8. The lowest BCUT2D eigenvalue weighted by Gasteiger charge is -2.35. The molecule has 11 heteroatoms. The normalized spacial score (nSPS) is 14.1. The summed E-state index contributed by atoms with van der Waals surface area (Å²) in [6.45, 7) is -0.590. The highest BCUT2D eigenvalue weighted by Gasteiger charge is 2.35. The summed E-state index contributed by atoms with van der Waals surface area (Å²) in [6, 6.07) is 27.8. The van der Waals surface area contributed by atoms with Crippen LogP contribution >= 0.6 is 23.2 Å². The summed E-state index contributed by atoms with van der Waals surface area (Å²) in [5, 5.41) is 4.05. The molecule has 4 aromatic rings. The Hall–Kier alpha value is -4.05. The predicted molar refractivity (Wildman–Crippen MR) is 190 cm³/mol. The number of carbonyl (C=O) groups excluding carboxylic acids is 2. The lowest BCUT2D eigenvalue weighted by atomic mass is 9.94.